The highest BCUT2D eigenvalue weighted by atomic mass is 32.1. The Bertz CT molecular complexity index is 604. The molecule has 0 N–H and O–H groups in total. The summed E-state index contributed by atoms with van der Waals surface area (Å²) in [5.74, 6) is 0. The molecule has 0 atom stereocenters. The Labute approximate surface area is 109 Å². The van der Waals surface area contributed by atoms with Gasteiger partial charge in [-0.15, -0.1) is 11.3 Å². The van der Waals surface area contributed by atoms with Crippen molar-refractivity contribution in [3.8, 4) is 0 Å². The van der Waals surface area contributed by atoms with Crippen LogP contribution in [-0.2, 0) is 0 Å². The zero-order chi connectivity index (χ0) is 13.1. The molecule has 0 aliphatic rings. The van der Waals surface area contributed by atoms with E-state index in [2.05, 4.69) is 4.99 Å². The minimum atomic E-state index is -0.376. The molecule has 0 fully saturated rings. The Morgan fingerprint density at radius 1 is 1.33 bits per heavy atom. The normalized spacial score (nSPS) is 11.0. The predicted molar refractivity (Wildman–Crippen MR) is 74.1 cm³/mol. The molecule has 0 amide bonds. The highest BCUT2D eigenvalue weighted by molar-refractivity contribution is 7.11. The van der Waals surface area contributed by atoms with Crippen LogP contribution in [0.4, 0.5) is 11.4 Å². The van der Waals surface area contributed by atoms with E-state index in [1.165, 1.54) is 6.07 Å². The van der Waals surface area contributed by atoms with Crippen LogP contribution in [-0.4, -0.2) is 11.1 Å². The molecular weight excluding hydrogens is 248 g/mol. The van der Waals surface area contributed by atoms with Crippen LogP contribution < -0.4 is 0 Å². The van der Waals surface area contributed by atoms with Gasteiger partial charge in [0.25, 0.3) is 5.69 Å². The number of hydrogen-bond donors (Lipinski definition) is 0. The Morgan fingerprint density at radius 3 is 2.72 bits per heavy atom. The number of hydrogen-bond acceptors (Lipinski definition) is 4. The van der Waals surface area contributed by atoms with Gasteiger partial charge in [-0.2, -0.15) is 0 Å². The van der Waals surface area contributed by atoms with Crippen molar-refractivity contribution in [1.29, 1.82) is 0 Å². The topological polar surface area (TPSA) is 55.5 Å². The maximum absolute atomic E-state index is 10.9. The van der Waals surface area contributed by atoms with Gasteiger partial charge >= 0.3 is 0 Å². The maximum Gasteiger partial charge on any atom is 0.274 e. The number of aliphatic imine (C=N–C) groups is 1. The molecule has 0 saturated carbocycles. The third-order valence-electron chi connectivity index (χ3n) is 2.59. The molecule has 1 aromatic heterocycles. The molecule has 0 unspecified atom stereocenters. The summed E-state index contributed by atoms with van der Waals surface area (Å²) in [6.45, 7) is 3.63. The van der Waals surface area contributed by atoms with E-state index >= 15 is 0 Å². The monoisotopic (exact) mass is 260 g/mol. The first-order valence-electron chi connectivity index (χ1n) is 5.41. The first-order chi connectivity index (χ1) is 8.58. The fourth-order valence-electron chi connectivity index (χ4n) is 1.66. The van der Waals surface area contributed by atoms with Gasteiger partial charge in [0.1, 0.15) is 0 Å². The van der Waals surface area contributed by atoms with Crippen molar-refractivity contribution in [1.82, 2.24) is 0 Å². The van der Waals surface area contributed by atoms with E-state index in [9.17, 15) is 10.1 Å². The molecule has 1 aromatic carbocycles. The summed E-state index contributed by atoms with van der Waals surface area (Å²) in [5.41, 5.74) is 2.35. The third-order valence-corrected chi connectivity index (χ3v) is 3.39. The van der Waals surface area contributed by atoms with Crippen LogP contribution in [0.1, 0.15) is 16.0 Å². The van der Waals surface area contributed by atoms with E-state index in [1.807, 2.05) is 24.4 Å². The Kier molecular flexibility index (Phi) is 3.53. The number of nitrogens with zero attached hydrogens (tertiary/aromatic N) is 2. The lowest BCUT2D eigenvalue weighted by molar-refractivity contribution is -0.385. The van der Waals surface area contributed by atoms with Crippen LogP contribution in [0.5, 0.6) is 0 Å². The molecule has 2 aromatic rings. The van der Waals surface area contributed by atoms with Crippen LogP contribution in [0.2, 0.25) is 0 Å². The summed E-state index contributed by atoms with van der Waals surface area (Å²) < 4.78 is 0. The number of rotatable bonds is 3. The molecule has 0 radical (unpaired) electrons. The van der Waals surface area contributed by atoms with Crippen LogP contribution in [0.25, 0.3) is 0 Å². The van der Waals surface area contributed by atoms with E-state index in [-0.39, 0.29) is 10.6 Å². The van der Waals surface area contributed by atoms with Gasteiger partial charge in [-0.3, -0.25) is 15.1 Å². The van der Waals surface area contributed by atoms with Crippen molar-refractivity contribution in [2.75, 3.05) is 0 Å². The van der Waals surface area contributed by atoms with Gasteiger partial charge in [0.05, 0.1) is 10.6 Å². The number of nitro benzene ring substituents is 1. The average molecular weight is 260 g/mol. The number of nitro groups is 1. The molecule has 0 aliphatic heterocycles. The molecule has 2 rings (SSSR count). The van der Waals surface area contributed by atoms with Gasteiger partial charge in [-0.1, -0.05) is 6.07 Å². The first-order valence-corrected chi connectivity index (χ1v) is 6.29. The lowest BCUT2D eigenvalue weighted by Gasteiger charge is -2.02. The number of aryl methyl sites for hydroxylation is 2. The van der Waals surface area contributed by atoms with E-state index in [1.54, 1.807) is 30.5 Å². The lowest BCUT2D eigenvalue weighted by Crippen LogP contribution is -1.92. The van der Waals surface area contributed by atoms with Crippen molar-refractivity contribution >= 4 is 28.9 Å². The molecule has 0 aliphatic carbocycles. The summed E-state index contributed by atoms with van der Waals surface area (Å²) in [6.07, 6.45) is 1.73. The smallest absolute Gasteiger partial charge is 0.258 e. The second kappa shape index (κ2) is 5.10. The second-order valence-corrected chi connectivity index (χ2v) is 4.94. The second-order valence-electron chi connectivity index (χ2n) is 3.96. The third kappa shape index (κ3) is 2.62. The Morgan fingerprint density at radius 2 is 2.11 bits per heavy atom. The van der Waals surface area contributed by atoms with Gasteiger partial charge in [-0.25, -0.2) is 0 Å². The Hall–Kier alpha value is -2.01. The van der Waals surface area contributed by atoms with E-state index < -0.39 is 0 Å². The van der Waals surface area contributed by atoms with Crippen molar-refractivity contribution in [2.45, 2.75) is 13.8 Å². The van der Waals surface area contributed by atoms with Crippen LogP contribution in [0.15, 0.2) is 34.6 Å². The molecule has 0 spiro atoms. The van der Waals surface area contributed by atoms with E-state index in [4.69, 9.17) is 0 Å². The quantitative estimate of drug-likeness (QED) is 0.475. The summed E-state index contributed by atoms with van der Waals surface area (Å²) in [6, 6.07) is 7.20. The van der Waals surface area contributed by atoms with Gasteiger partial charge in [0.15, 0.2) is 0 Å². The molecule has 4 nitrogen and oxygen atoms in total. The minimum Gasteiger partial charge on any atom is -0.258 e. The van der Waals surface area contributed by atoms with Crippen molar-refractivity contribution < 1.29 is 4.92 Å². The van der Waals surface area contributed by atoms with Gasteiger partial charge in [0, 0.05) is 22.7 Å². The maximum atomic E-state index is 10.9. The molecule has 5 heteroatoms. The van der Waals surface area contributed by atoms with Gasteiger partial charge in [0.2, 0.25) is 0 Å². The van der Waals surface area contributed by atoms with Crippen molar-refractivity contribution in [3.05, 3.63) is 55.8 Å². The summed E-state index contributed by atoms with van der Waals surface area (Å²) in [4.78, 5) is 15.8. The molecule has 18 heavy (non-hydrogen) atoms. The van der Waals surface area contributed by atoms with Crippen LogP contribution in [0.3, 0.4) is 0 Å². The predicted octanol–water partition coefficient (Wildman–Crippen LogP) is 4.02. The number of benzene rings is 1. The van der Waals surface area contributed by atoms with Crippen LogP contribution in [0, 0.1) is 24.0 Å². The summed E-state index contributed by atoms with van der Waals surface area (Å²) >= 11 is 1.58. The molecular formula is C13H12N2O2S. The number of thiophene rings is 1. The summed E-state index contributed by atoms with van der Waals surface area (Å²) in [5, 5.41) is 12.8. The van der Waals surface area contributed by atoms with Crippen molar-refractivity contribution in [2.24, 2.45) is 4.99 Å². The average Bonchev–Trinajstić information content (AvgIpc) is 2.80. The van der Waals surface area contributed by atoms with Crippen LogP contribution >= 0.6 is 11.3 Å². The highest BCUT2D eigenvalue weighted by Crippen LogP contribution is 2.28. The Balaban J connectivity index is 2.39. The SMILES string of the molecule is Cc1cc(C)c([N+](=O)[O-])cc1N=Cc1cccs1. The lowest BCUT2D eigenvalue weighted by atomic mass is 10.1. The van der Waals surface area contributed by atoms with Crippen molar-refractivity contribution in [3.63, 3.8) is 0 Å². The zero-order valence-corrected chi connectivity index (χ0v) is 10.9. The highest BCUT2D eigenvalue weighted by Gasteiger charge is 2.12. The summed E-state index contributed by atoms with van der Waals surface area (Å²) in [7, 11) is 0. The largest absolute Gasteiger partial charge is 0.274 e. The fourth-order valence-corrected chi connectivity index (χ4v) is 2.25. The van der Waals surface area contributed by atoms with E-state index in [0.717, 1.165) is 10.4 Å². The van der Waals surface area contributed by atoms with Gasteiger partial charge < -0.3 is 0 Å². The van der Waals surface area contributed by atoms with Gasteiger partial charge in [-0.05, 0) is 36.9 Å². The zero-order valence-electron chi connectivity index (χ0n) is 10.1. The molecule has 1 heterocycles. The first kappa shape index (κ1) is 12.4. The molecule has 92 valence electrons. The standard InChI is InChI=1S/C13H12N2O2S/c1-9-6-10(2)13(15(16)17)7-12(9)14-8-11-4-3-5-18-11/h3-8H,1-2H3. The molecule has 0 saturated heterocycles. The molecule has 0 bridgehead atoms. The van der Waals surface area contributed by atoms with E-state index in [0.29, 0.717) is 11.3 Å². The minimum absolute atomic E-state index is 0.110. The fraction of sp³-hybridized carbons (Fsp3) is 0.154.